The predicted octanol–water partition coefficient (Wildman–Crippen LogP) is 3.26. The maximum Gasteiger partial charge on any atom is 0.315 e. The van der Waals surface area contributed by atoms with Crippen LogP contribution in [0, 0.1) is 16.0 Å². The summed E-state index contributed by atoms with van der Waals surface area (Å²) in [6.07, 6.45) is 2.28. The summed E-state index contributed by atoms with van der Waals surface area (Å²) >= 11 is 0. The highest BCUT2D eigenvalue weighted by Crippen LogP contribution is 2.38. The molecular weight excluding hydrogens is 242 g/mol. The van der Waals surface area contributed by atoms with E-state index in [9.17, 15) is 10.1 Å². The van der Waals surface area contributed by atoms with Crippen LogP contribution in [-0.2, 0) is 0 Å². The second-order valence-electron chi connectivity index (χ2n) is 5.23. The number of nitrogens with zero attached hydrogens (tertiary/aromatic N) is 2. The lowest BCUT2D eigenvalue weighted by Gasteiger charge is -2.39. The van der Waals surface area contributed by atoms with Crippen molar-refractivity contribution in [1.29, 1.82) is 0 Å². The van der Waals surface area contributed by atoms with Gasteiger partial charge < -0.3 is 10.2 Å². The fourth-order valence-electron chi connectivity index (χ4n) is 2.83. The van der Waals surface area contributed by atoms with Gasteiger partial charge in [0, 0.05) is 19.6 Å². The molecule has 19 heavy (non-hydrogen) atoms. The third-order valence-electron chi connectivity index (χ3n) is 4.15. The summed E-state index contributed by atoms with van der Waals surface area (Å²) < 4.78 is 0. The Bertz CT molecular complexity index is 476. The summed E-state index contributed by atoms with van der Waals surface area (Å²) in [4.78, 5) is 13.3. The molecule has 1 aromatic rings. The van der Waals surface area contributed by atoms with Gasteiger partial charge in [-0.05, 0) is 37.8 Å². The van der Waals surface area contributed by atoms with Crippen LogP contribution >= 0.6 is 0 Å². The number of benzene rings is 1. The van der Waals surface area contributed by atoms with Gasteiger partial charge >= 0.3 is 5.69 Å². The van der Waals surface area contributed by atoms with E-state index in [-0.39, 0.29) is 10.6 Å². The van der Waals surface area contributed by atoms with Crippen LogP contribution in [0.3, 0.4) is 0 Å². The molecule has 5 nitrogen and oxygen atoms in total. The van der Waals surface area contributed by atoms with Crippen molar-refractivity contribution in [3.05, 3.63) is 28.3 Å². The molecule has 0 saturated carbocycles. The number of piperidine rings is 1. The van der Waals surface area contributed by atoms with E-state index in [0.29, 0.717) is 17.6 Å². The maximum atomic E-state index is 11.4. The van der Waals surface area contributed by atoms with E-state index in [1.165, 1.54) is 6.42 Å². The lowest BCUT2D eigenvalue weighted by molar-refractivity contribution is -0.383. The third kappa shape index (κ3) is 2.50. The number of rotatable bonds is 3. The fourth-order valence-corrected chi connectivity index (χ4v) is 2.83. The van der Waals surface area contributed by atoms with E-state index in [1.807, 2.05) is 12.1 Å². The van der Waals surface area contributed by atoms with Crippen LogP contribution < -0.4 is 10.2 Å². The molecular formula is C14H21N3O2. The lowest BCUT2D eigenvalue weighted by Crippen LogP contribution is -2.42. The minimum absolute atomic E-state index is 0.186. The zero-order valence-electron chi connectivity index (χ0n) is 11.7. The molecule has 1 saturated heterocycles. The fraction of sp³-hybridized carbons (Fsp3) is 0.571. The van der Waals surface area contributed by atoms with Crippen LogP contribution in [0.15, 0.2) is 18.2 Å². The Hall–Kier alpha value is -1.78. The highest BCUT2D eigenvalue weighted by molar-refractivity contribution is 5.77. The molecule has 1 N–H and O–H groups in total. The SMILES string of the molecule is CNc1cccc(N2CCCC(C)C2C)c1[N+](=O)[O-]. The molecule has 1 heterocycles. The van der Waals surface area contributed by atoms with E-state index in [0.717, 1.165) is 18.7 Å². The average molecular weight is 263 g/mol. The lowest BCUT2D eigenvalue weighted by atomic mass is 9.91. The van der Waals surface area contributed by atoms with E-state index in [2.05, 4.69) is 24.1 Å². The second kappa shape index (κ2) is 5.47. The summed E-state index contributed by atoms with van der Waals surface area (Å²) in [5, 5.41) is 14.3. The molecule has 104 valence electrons. The van der Waals surface area contributed by atoms with E-state index >= 15 is 0 Å². The third-order valence-corrected chi connectivity index (χ3v) is 4.15. The van der Waals surface area contributed by atoms with Crippen molar-refractivity contribution in [3.8, 4) is 0 Å². The first-order valence-electron chi connectivity index (χ1n) is 6.78. The van der Waals surface area contributed by atoms with Crippen LogP contribution in [0.25, 0.3) is 0 Å². The Morgan fingerprint density at radius 2 is 2.16 bits per heavy atom. The van der Waals surface area contributed by atoms with Gasteiger partial charge in [0.1, 0.15) is 11.4 Å². The van der Waals surface area contributed by atoms with E-state index < -0.39 is 0 Å². The highest BCUT2D eigenvalue weighted by Gasteiger charge is 2.30. The standard InChI is InChI=1S/C14H21N3O2/c1-10-6-5-9-16(11(10)2)13-8-4-7-12(15-3)14(13)17(18)19/h4,7-8,10-11,15H,5-6,9H2,1-3H3. The molecule has 1 fully saturated rings. The first kappa shape index (κ1) is 13.6. The molecule has 0 aliphatic carbocycles. The van der Waals surface area contributed by atoms with Gasteiger partial charge in [0.2, 0.25) is 0 Å². The predicted molar refractivity (Wildman–Crippen MR) is 77.8 cm³/mol. The van der Waals surface area contributed by atoms with Crippen LogP contribution in [0.5, 0.6) is 0 Å². The smallest absolute Gasteiger partial charge is 0.315 e. The van der Waals surface area contributed by atoms with E-state index in [1.54, 1.807) is 13.1 Å². The van der Waals surface area contributed by atoms with Gasteiger partial charge in [0.05, 0.1) is 4.92 Å². The minimum atomic E-state index is -0.285. The number of hydrogen-bond acceptors (Lipinski definition) is 4. The molecule has 0 amide bonds. The molecule has 1 aromatic carbocycles. The Kier molecular flexibility index (Phi) is 3.93. The van der Waals surface area contributed by atoms with Crippen LogP contribution in [0.1, 0.15) is 26.7 Å². The van der Waals surface area contributed by atoms with Crippen molar-refractivity contribution < 1.29 is 4.92 Å². The van der Waals surface area contributed by atoms with Crippen LogP contribution in [0.2, 0.25) is 0 Å². The van der Waals surface area contributed by atoms with Gasteiger partial charge in [0.15, 0.2) is 0 Å². The summed E-state index contributed by atoms with van der Waals surface area (Å²) in [7, 11) is 1.72. The van der Waals surface area contributed by atoms with Gasteiger partial charge in [-0.3, -0.25) is 10.1 Å². The molecule has 2 atom stereocenters. The number of anilines is 2. The number of hydrogen-bond donors (Lipinski definition) is 1. The van der Waals surface area contributed by atoms with Gasteiger partial charge in [-0.1, -0.05) is 13.0 Å². The molecule has 0 aromatic heterocycles. The van der Waals surface area contributed by atoms with Crippen molar-refractivity contribution in [2.75, 3.05) is 23.8 Å². The Balaban J connectivity index is 2.46. The van der Waals surface area contributed by atoms with Crippen molar-refractivity contribution in [2.45, 2.75) is 32.7 Å². The normalized spacial score (nSPS) is 23.2. The molecule has 0 radical (unpaired) electrons. The molecule has 1 aliphatic heterocycles. The summed E-state index contributed by atoms with van der Waals surface area (Å²) in [5.41, 5.74) is 1.50. The minimum Gasteiger partial charge on any atom is -0.382 e. The summed E-state index contributed by atoms with van der Waals surface area (Å²) in [6.45, 7) is 5.25. The van der Waals surface area contributed by atoms with Crippen molar-refractivity contribution >= 4 is 17.1 Å². The molecule has 0 spiro atoms. The molecule has 5 heteroatoms. The first-order valence-corrected chi connectivity index (χ1v) is 6.78. The largest absolute Gasteiger partial charge is 0.382 e. The Labute approximate surface area is 113 Å². The molecule has 0 bridgehead atoms. The molecule has 2 unspecified atom stereocenters. The Morgan fingerprint density at radius 3 is 2.79 bits per heavy atom. The number of para-hydroxylation sites is 1. The molecule has 1 aliphatic rings. The number of nitro groups is 1. The summed E-state index contributed by atoms with van der Waals surface area (Å²) in [5.74, 6) is 0.562. The molecule has 2 rings (SSSR count). The number of nitrogens with one attached hydrogen (secondary N) is 1. The average Bonchev–Trinajstić information content (AvgIpc) is 2.40. The maximum absolute atomic E-state index is 11.4. The van der Waals surface area contributed by atoms with E-state index in [4.69, 9.17) is 0 Å². The topological polar surface area (TPSA) is 58.4 Å². The quantitative estimate of drug-likeness (QED) is 0.671. The zero-order chi connectivity index (χ0) is 14.0. The highest BCUT2D eigenvalue weighted by atomic mass is 16.6. The van der Waals surface area contributed by atoms with Gasteiger partial charge in [-0.2, -0.15) is 0 Å². The van der Waals surface area contributed by atoms with Crippen LogP contribution in [-0.4, -0.2) is 24.6 Å². The van der Waals surface area contributed by atoms with Crippen molar-refractivity contribution in [2.24, 2.45) is 5.92 Å². The van der Waals surface area contributed by atoms with Gasteiger partial charge in [-0.25, -0.2) is 0 Å². The monoisotopic (exact) mass is 263 g/mol. The van der Waals surface area contributed by atoms with Crippen molar-refractivity contribution in [3.63, 3.8) is 0 Å². The van der Waals surface area contributed by atoms with Gasteiger partial charge in [-0.15, -0.1) is 0 Å². The first-order chi connectivity index (χ1) is 9.06. The van der Waals surface area contributed by atoms with Crippen molar-refractivity contribution in [1.82, 2.24) is 0 Å². The summed E-state index contributed by atoms with van der Waals surface area (Å²) in [6, 6.07) is 5.81. The Morgan fingerprint density at radius 1 is 1.42 bits per heavy atom. The number of nitro benzene ring substituents is 1. The van der Waals surface area contributed by atoms with Gasteiger partial charge in [0.25, 0.3) is 0 Å². The second-order valence-corrected chi connectivity index (χ2v) is 5.23. The van der Waals surface area contributed by atoms with Crippen LogP contribution in [0.4, 0.5) is 17.1 Å². The zero-order valence-corrected chi connectivity index (χ0v) is 11.7.